The molecule has 0 radical (unpaired) electrons. The zero-order chi connectivity index (χ0) is 12.5. The van der Waals surface area contributed by atoms with Crippen LogP contribution in [0.3, 0.4) is 0 Å². The molecule has 3 rings (SSSR count). The Labute approximate surface area is 110 Å². The van der Waals surface area contributed by atoms with Gasteiger partial charge < -0.3 is 9.84 Å². The van der Waals surface area contributed by atoms with E-state index in [1.165, 1.54) is 0 Å². The minimum Gasteiger partial charge on any atom is -0.339 e. The van der Waals surface area contributed by atoms with Gasteiger partial charge in [-0.15, -0.1) is 0 Å². The van der Waals surface area contributed by atoms with Crippen molar-refractivity contribution in [3.63, 3.8) is 0 Å². The third kappa shape index (κ3) is 2.02. The van der Waals surface area contributed by atoms with E-state index in [2.05, 4.69) is 22.4 Å². The second kappa shape index (κ2) is 4.71. The van der Waals surface area contributed by atoms with E-state index in [1.807, 2.05) is 24.3 Å². The van der Waals surface area contributed by atoms with E-state index in [0.29, 0.717) is 22.7 Å². The van der Waals surface area contributed by atoms with Gasteiger partial charge in [0, 0.05) is 11.5 Å². The van der Waals surface area contributed by atoms with Crippen molar-refractivity contribution in [2.45, 2.75) is 12.8 Å². The van der Waals surface area contributed by atoms with Crippen molar-refractivity contribution in [3.8, 4) is 11.4 Å². The zero-order valence-corrected chi connectivity index (χ0v) is 10.8. The van der Waals surface area contributed by atoms with E-state index >= 15 is 0 Å². The minimum absolute atomic E-state index is 0.287. The van der Waals surface area contributed by atoms with Gasteiger partial charge in [0.05, 0.1) is 5.02 Å². The second-order valence-electron chi connectivity index (χ2n) is 4.64. The molecule has 1 saturated heterocycles. The summed E-state index contributed by atoms with van der Waals surface area (Å²) in [5.41, 5.74) is 0.813. The van der Waals surface area contributed by atoms with Crippen LogP contribution in [-0.4, -0.2) is 23.2 Å². The van der Waals surface area contributed by atoms with Gasteiger partial charge in [-0.3, -0.25) is 0 Å². The van der Waals surface area contributed by atoms with E-state index in [9.17, 15) is 0 Å². The lowest BCUT2D eigenvalue weighted by Gasteiger charge is -2.30. The van der Waals surface area contributed by atoms with Gasteiger partial charge in [-0.25, -0.2) is 0 Å². The molecule has 0 bridgehead atoms. The molecule has 1 unspecified atom stereocenters. The Morgan fingerprint density at radius 2 is 2.17 bits per heavy atom. The number of halogens is 1. The molecule has 0 amide bonds. The highest BCUT2D eigenvalue weighted by atomic mass is 35.5. The van der Waals surface area contributed by atoms with Gasteiger partial charge in [-0.05, 0) is 31.1 Å². The third-order valence-corrected chi connectivity index (χ3v) is 3.80. The van der Waals surface area contributed by atoms with Crippen molar-refractivity contribution in [1.29, 1.82) is 0 Å². The molecule has 1 aromatic heterocycles. The second-order valence-corrected chi connectivity index (χ2v) is 5.05. The van der Waals surface area contributed by atoms with E-state index in [-0.39, 0.29) is 5.92 Å². The summed E-state index contributed by atoms with van der Waals surface area (Å²) in [5.74, 6) is 2.13. The molecular formula is C13H14ClN3O. The van der Waals surface area contributed by atoms with E-state index < -0.39 is 0 Å². The zero-order valence-electron chi connectivity index (χ0n) is 10.1. The summed E-state index contributed by atoms with van der Waals surface area (Å²) >= 11 is 6.12. The molecule has 1 N–H and O–H groups in total. The van der Waals surface area contributed by atoms with Crippen LogP contribution in [-0.2, 0) is 0 Å². The topological polar surface area (TPSA) is 51.0 Å². The fraction of sp³-hybridized carbons (Fsp3) is 0.385. The first-order valence-corrected chi connectivity index (χ1v) is 6.42. The van der Waals surface area contributed by atoms with E-state index in [4.69, 9.17) is 16.1 Å². The molecule has 2 heterocycles. The van der Waals surface area contributed by atoms with Crippen molar-refractivity contribution in [3.05, 3.63) is 35.2 Å². The maximum atomic E-state index is 6.12. The van der Waals surface area contributed by atoms with Gasteiger partial charge in [-0.2, -0.15) is 4.98 Å². The number of hydrogen-bond acceptors (Lipinski definition) is 4. The number of rotatable bonds is 3. The van der Waals surface area contributed by atoms with Crippen LogP contribution >= 0.6 is 11.6 Å². The van der Waals surface area contributed by atoms with Crippen LogP contribution in [0, 0.1) is 5.92 Å². The fourth-order valence-electron chi connectivity index (χ4n) is 2.04. The van der Waals surface area contributed by atoms with Crippen LogP contribution in [0.5, 0.6) is 0 Å². The molecular weight excluding hydrogens is 250 g/mol. The first kappa shape index (κ1) is 11.7. The number of hydrogen-bond donors (Lipinski definition) is 1. The standard InChI is InChI=1S/C13H14ClN3O/c1-8(9-6-15-7-9)13-16-12(17-18-13)10-4-2-3-5-11(10)14/h2-5,8-9,15H,6-7H2,1H3. The Balaban J connectivity index is 1.87. The van der Waals surface area contributed by atoms with Crippen molar-refractivity contribution in [2.75, 3.05) is 13.1 Å². The predicted molar refractivity (Wildman–Crippen MR) is 69.5 cm³/mol. The van der Waals surface area contributed by atoms with Gasteiger partial charge in [0.15, 0.2) is 0 Å². The van der Waals surface area contributed by atoms with Gasteiger partial charge in [0.2, 0.25) is 11.7 Å². The molecule has 2 aromatic rings. The normalized spacial score (nSPS) is 17.4. The highest BCUT2D eigenvalue weighted by molar-refractivity contribution is 6.33. The molecule has 18 heavy (non-hydrogen) atoms. The summed E-state index contributed by atoms with van der Waals surface area (Å²) in [7, 11) is 0. The lowest BCUT2D eigenvalue weighted by atomic mass is 9.89. The molecule has 1 aliphatic heterocycles. The molecule has 94 valence electrons. The molecule has 1 aliphatic rings. The summed E-state index contributed by atoms with van der Waals surface area (Å²) in [6, 6.07) is 7.52. The SMILES string of the molecule is CC(c1nc(-c2ccccc2Cl)no1)C1CNC1. The smallest absolute Gasteiger partial charge is 0.230 e. The van der Waals surface area contributed by atoms with Crippen molar-refractivity contribution in [2.24, 2.45) is 5.92 Å². The van der Waals surface area contributed by atoms with Crippen LogP contribution in [0.4, 0.5) is 0 Å². The number of aromatic nitrogens is 2. The van der Waals surface area contributed by atoms with Crippen molar-refractivity contribution < 1.29 is 4.52 Å². The van der Waals surface area contributed by atoms with Crippen LogP contribution in [0.2, 0.25) is 5.02 Å². The first-order chi connectivity index (χ1) is 8.75. The van der Waals surface area contributed by atoms with Gasteiger partial charge in [0.1, 0.15) is 0 Å². The Morgan fingerprint density at radius 1 is 1.39 bits per heavy atom. The average Bonchev–Trinajstić information content (AvgIpc) is 2.76. The third-order valence-electron chi connectivity index (χ3n) is 3.47. The van der Waals surface area contributed by atoms with Gasteiger partial charge in [0.25, 0.3) is 0 Å². The van der Waals surface area contributed by atoms with Crippen LogP contribution < -0.4 is 5.32 Å². The molecule has 1 fully saturated rings. The van der Waals surface area contributed by atoms with Crippen molar-refractivity contribution in [1.82, 2.24) is 15.5 Å². The quantitative estimate of drug-likeness (QED) is 0.925. The lowest BCUT2D eigenvalue weighted by Crippen LogP contribution is -2.44. The molecule has 0 saturated carbocycles. The summed E-state index contributed by atoms with van der Waals surface area (Å²) < 4.78 is 5.35. The molecule has 0 aliphatic carbocycles. The Bertz CT molecular complexity index is 551. The van der Waals surface area contributed by atoms with Crippen LogP contribution in [0.25, 0.3) is 11.4 Å². The van der Waals surface area contributed by atoms with Crippen molar-refractivity contribution >= 4 is 11.6 Å². The maximum Gasteiger partial charge on any atom is 0.230 e. The van der Waals surface area contributed by atoms with Crippen LogP contribution in [0.15, 0.2) is 28.8 Å². The highest BCUT2D eigenvalue weighted by Gasteiger charge is 2.29. The van der Waals surface area contributed by atoms with Gasteiger partial charge in [-0.1, -0.05) is 35.8 Å². The molecule has 0 spiro atoms. The summed E-state index contributed by atoms with van der Waals surface area (Å²) in [6.07, 6.45) is 0. The van der Waals surface area contributed by atoms with Gasteiger partial charge >= 0.3 is 0 Å². The minimum atomic E-state index is 0.287. The largest absolute Gasteiger partial charge is 0.339 e. The Hall–Kier alpha value is -1.39. The number of nitrogens with one attached hydrogen (secondary N) is 1. The van der Waals surface area contributed by atoms with Crippen LogP contribution in [0.1, 0.15) is 18.7 Å². The Morgan fingerprint density at radius 3 is 2.83 bits per heavy atom. The molecule has 1 aromatic carbocycles. The number of nitrogens with zero attached hydrogens (tertiary/aromatic N) is 2. The lowest BCUT2D eigenvalue weighted by molar-refractivity contribution is 0.252. The first-order valence-electron chi connectivity index (χ1n) is 6.05. The average molecular weight is 264 g/mol. The predicted octanol–water partition coefficient (Wildman–Crippen LogP) is 2.71. The van der Waals surface area contributed by atoms with E-state index in [0.717, 1.165) is 18.7 Å². The summed E-state index contributed by atoms with van der Waals surface area (Å²) in [4.78, 5) is 4.45. The highest BCUT2D eigenvalue weighted by Crippen LogP contribution is 2.29. The molecule has 4 nitrogen and oxygen atoms in total. The monoisotopic (exact) mass is 263 g/mol. The molecule has 5 heteroatoms. The summed E-state index contributed by atoms with van der Waals surface area (Å²) in [6.45, 7) is 4.16. The van der Waals surface area contributed by atoms with E-state index in [1.54, 1.807) is 0 Å². The summed E-state index contributed by atoms with van der Waals surface area (Å²) in [5, 5.41) is 7.91. The maximum absolute atomic E-state index is 6.12. The Kier molecular flexibility index (Phi) is 3.06. The number of benzene rings is 1. The fourth-order valence-corrected chi connectivity index (χ4v) is 2.26. The molecule has 1 atom stereocenters.